The van der Waals surface area contributed by atoms with Crippen LogP contribution in [0.3, 0.4) is 0 Å². The fraction of sp³-hybridized carbons (Fsp3) is 0.600. The number of hydrogen-bond donors (Lipinski definition) is 2. The number of aryl methyl sites for hydroxylation is 1. The molecule has 1 aromatic carbocycles. The molecule has 1 aliphatic heterocycles. The lowest BCUT2D eigenvalue weighted by Crippen LogP contribution is -2.40. The fourth-order valence-corrected chi connectivity index (χ4v) is 3.90. The molecule has 0 aliphatic carbocycles. The summed E-state index contributed by atoms with van der Waals surface area (Å²) in [5.74, 6) is 0. The second-order valence-corrected chi connectivity index (χ2v) is 7.50. The molecule has 1 heterocycles. The molecule has 1 atom stereocenters. The van der Waals surface area contributed by atoms with Gasteiger partial charge in [0.15, 0.2) is 0 Å². The fourth-order valence-electron chi connectivity index (χ4n) is 2.69. The van der Waals surface area contributed by atoms with Crippen LogP contribution in [-0.2, 0) is 16.6 Å². The highest BCUT2D eigenvalue weighted by atomic mass is 32.2. The maximum atomic E-state index is 12.3. The first kappa shape index (κ1) is 16.4. The van der Waals surface area contributed by atoms with E-state index in [2.05, 4.69) is 16.5 Å². The summed E-state index contributed by atoms with van der Waals surface area (Å²) in [5.41, 5.74) is 7.49. The van der Waals surface area contributed by atoms with E-state index in [0.717, 1.165) is 24.2 Å². The summed E-state index contributed by atoms with van der Waals surface area (Å²) in [6.07, 6.45) is 2.41. The van der Waals surface area contributed by atoms with E-state index in [0.29, 0.717) is 18.0 Å². The Balaban J connectivity index is 2.02. The van der Waals surface area contributed by atoms with Crippen molar-refractivity contribution in [2.45, 2.75) is 44.2 Å². The predicted octanol–water partition coefficient (Wildman–Crippen LogP) is 1.22. The molecule has 1 unspecified atom stereocenters. The van der Waals surface area contributed by atoms with Crippen molar-refractivity contribution in [3.05, 3.63) is 29.3 Å². The zero-order chi connectivity index (χ0) is 15.5. The van der Waals surface area contributed by atoms with Gasteiger partial charge in [-0.05, 0) is 63.0 Å². The highest BCUT2D eigenvalue weighted by Crippen LogP contribution is 2.16. The van der Waals surface area contributed by atoms with Gasteiger partial charge in [-0.15, -0.1) is 0 Å². The minimum atomic E-state index is -3.45. The minimum absolute atomic E-state index is 0.228. The molecule has 1 fully saturated rings. The highest BCUT2D eigenvalue weighted by molar-refractivity contribution is 7.89. The summed E-state index contributed by atoms with van der Waals surface area (Å²) in [5, 5.41) is 0. The van der Waals surface area contributed by atoms with Crippen LogP contribution in [0.15, 0.2) is 23.1 Å². The van der Waals surface area contributed by atoms with Crippen LogP contribution < -0.4 is 10.5 Å². The number of nitrogens with one attached hydrogen (secondary N) is 1. The smallest absolute Gasteiger partial charge is 0.240 e. The topological polar surface area (TPSA) is 75.4 Å². The zero-order valence-electron chi connectivity index (χ0n) is 12.8. The van der Waals surface area contributed by atoms with Crippen LogP contribution >= 0.6 is 0 Å². The van der Waals surface area contributed by atoms with E-state index in [1.165, 1.54) is 12.8 Å². The third-order valence-electron chi connectivity index (χ3n) is 4.18. The lowest BCUT2D eigenvalue weighted by Gasteiger charge is -2.23. The molecule has 1 aliphatic rings. The molecular weight excluding hydrogens is 286 g/mol. The molecule has 0 spiro atoms. The van der Waals surface area contributed by atoms with Gasteiger partial charge in [0.2, 0.25) is 10.0 Å². The van der Waals surface area contributed by atoms with Gasteiger partial charge in [0.1, 0.15) is 0 Å². The first-order valence-corrected chi connectivity index (χ1v) is 8.95. The number of nitrogens with two attached hydrogens (primary N) is 1. The van der Waals surface area contributed by atoms with Gasteiger partial charge >= 0.3 is 0 Å². The van der Waals surface area contributed by atoms with Crippen molar-refractivity contribution in [3.63, 3.8) is 0 Å². The second kappa shape index (κ2) is 6.87. The third-order valence-corrected chi connectivity index (χ3v) is 5.60. The van der Waals surface area contributed by atoms with Crippen LogP contribution in [0.1, 0.15) is 30.9 Å². The van der Waals surface area contributed by atoms with Crippen molar-refractivity contribution < 1.29 is 8.42 Å². The lowest BCUT2D eigenvalue weighted by molar-refractivity contribution is 0.260. The highest BCUT2D eigenvalue weighted by Gasteiger charge is 2.21. The summed E-state index contributed by atoms with van der Waals surface area (Å²) in [7, 11) is -3.45. The monoisotopic (exact) mass is 311 g/mol. The quantitative estimate of drug-likeness (QED) is 0.828. The number of sulfonamides is 1. The number of likely N-dealkylation sites (tertiary alicyclic amines) is 1. The van der Waals surface area contributed by atoms with Crippen molar-refractivity contribution >= 4 is 10.0 Å². The molecule has 0 aromatic heterocycles. The molecular formula is C15H25N3O2S. The molecule has 3 N–H and O–H groups in total. The standard InChI is InChI=1S/C15H25N3O2S/c1-12-9-15(6-5-14(12)10-16)21(19,20)17-11-13(2)18-7-3-4-8-18/h5-6,9,13,17H,3-4,7-8,10-11,16H2,1-2H3. The average Bonchev–Trinajstić information content (AvgIpc) is 2.99. The number of benzene rings is 1. The van der Waals surface area contributed by atoms with E-state index < -0.39 is 10.0 Å². The van der Waals surface area contributed by atoms with E-state index in [9.17, 15) is 8.42 Å². The molecule has 6 heteroatoms. The summed E-state index contributed by atoms with van der Waals surface area (Å²) in [6, 6.07) is 5.32. The van der Waals surface area contributed by atoms with Gasteiger partial charge in [-0.3, -0.25) is 4.90 Å². The van der Waals surface area contributed by atoms with Gasteiger partial charge in [0.05, 0.1) is 4.90 Å². The van der Waals surface area contributed by atoms with Gasteiger partial charge in [-0.25, -0.2) is 13.1 Å². The Morgan fingerprint density at radius 2 is 2.00 bits per heavy atom. The van der Waals surface area contributed by atoms with Gasteiger partial charge in [-0.1, -0.05) is 6.07 Å². The molecule has 1 saturated heterocycles. The molecule has 118 valence electrons. The molecule has 5 nitrogen and oxygen atoms in total. The van der Waals surface area contributed by atoms with Crippen LogP contribution in [0, 0.1) is 6.92 Å². The Morgan fingerprint density at radius 3 is 2.57 bits per heavy atom. The summed E-state index contributed by atoms with van der Waals surface area (Å²) in [4.78, 5) is 2.64. The summed E-state index contributed by atoms with van der Waals surface area (Å²) >= 11 is 0. The summed E-state index contributed by atoms with van der Waals surface area (Å²) < 4.78 is 27.4. The third kappa shape index (κ3) is 4.03. The number of rotatable bonds is 6. The van der Waals surface area contributed by atoms with E-state index in [1.807, 2.05) is 6.92 Å². The average molecular weight is 311 g/mol. The lowest BCUT2D eigenvalue weighted by atomic mass is 10.1. The van der Waals surface area contributed by atoms with Crippen molar-refractivity contribution in [1.29, 1.82) is 0 Å². The molecule has 0 amide bonds. The van der Waals surface area contributed by atoms with Crippen LogP contribution in [-0.4, -0.2) is 39.0 Å². The van der Waals surface area contributed by atoms with Crippen molar-refractivity contribution in [2.24, 2.45) is 5.73 Å². The predicted molar refractivity (Wildman–Crippen MR) is 84.5 cm³/mol. The van der Waals surface area contributed by atoms with E-state index >= 15 is 0 Å². The van der Waals surface area contributed by atoms with Gasteiger partial charge in [-0.2, -0.15) is 0 Å². The van der Waals surface area contributed by atoms with Crippen molar-refractivity contribution in [2.75, 3.05) is 19.6 Å². The Bertz CT molecular complexity index is 581. The van der Waals surface area contributed by atoms with Crippen LogP contribution in [0.2, 0.25) is 0 Å². The molecule has 1 aromatic rings. The minimum Gasteiger partial charge on any atom is -0.326 e. The largest absolute Gasteiger partial charge is 0.326 e. The molecule has 0 saturated carbocycles. The Kier molecular flexibility index (Phi) is 5.37. The van der Waals surface area contributed by atoms with Crippen LogP contribution in [0.25, 0.3) is 0 Å². The maximum absolute atomic E-state index is 12.3. The normalized spacial score (nSPS) is 18.0. The molecule has 0 bridgehead atoms. The number of hydrogen-bond acceptors (Lipinski definition) is 4. The van der Waals surface area contributed by atoms with Gasteiger partial charge in [0, 0.05) is 19.1 Å². The van der Waals surface area contributed by atoms with Gasteiger partial charge in [0.25, 0.3) is 0 Å². The Labute approximate surface area is 127 Å². The Hall–Kier alpha value is -0.950. The molecule has 0 radical (unpaired) electrons. The van der Waals surface area contributed by atoms with Crippen molar-refractivity contribution in [1.82, 2.24) is 9.62 Å². The zero-order valence-corrected chi connectivity index (χ0v) is 13.6. The molecule has 2 rings (SSSR count). The Morgan fingerprint density at radius 1 is 1.33 bits per heavy atom. The molecule has 21 heavy (non-hydrogen) atoms. The maximum Gasteiger partial charge on any atom is 0.240 e. The second-order valence-electron chi connectivity index (χ2n) is 5.74. The first-order chi connectivity index (χ1) is 9.94. The van der Waals surface area contributed by atoms with Crippen LogP contribution in [0.5, 0.6) is 0 Å². The SMILES string of the molecule is Cc1cc(S(=O)(=O)NCC(C)N2CCCC2)ccc1CN. The van der Waals surface area contributed by atoms with E-state index in [4.69, 9.17) is 5.73 Å². The number of nitrogens with zero attached hydrogens (tertiary/aromatic N) is 1. The van der Waals surface area contributed by atoms with E-state index in [1.54, 1.807) is 18.2 Å². The van der Waals surface area contributed by atoms with Gasteiger partial charge < -0.3 is 5.73 Å². The summed E-state index contributed by atoms with van der Waals surface area (Å²) in [6.45, 7) is 6.94. The first-order valence-electron chi connectivity index (χ1n) is 7.47. The van der Waals surface area contributed by atoms with Crippen molar-refractivity contribution in [3.8, 4) is 0 Å². The van der Waals surface area contributed by atoms with Crippen LogP contribution in [0.4, 0.5) is 0 Å². The van der Waals surface area contributed by atoms with E-state index in [-0.39, 0.29) is 6.04 Å².